The summed E-state index contributed by atoms with van der Waals surface area (Å²) in [6.45, 7) is 0.958. The predicted molar refractivity (Wildman–Crippen MR) is 122 cm³/mol. The first kappa shape index (κ1) is 23.5. The smallest absolute Gasteiger partial charge is 0.189 e. The molecule has 33 heavy (non-hydrogen) atoms. The van der Waals surface area contributed by atoms with Gasteiger partial charge in [-0.05, 0) is 16.7 Å². The molecule has 1 aliphatic rings. The Balaban J connectivity index is 1.46. The third kappa shape index (κ3) is 6.69. The molecule has 0 aromatic heterocycles. The third-order valence-electron chi connectivity index (χ3n) is 5.55. The van der Waals surface area contributed by atoms with E-state index < -0.39 is 30.8 Å². The van der Waals surface area contributed by atoms with Gasteiger partial charge in [0.2, 0.25) is 0 Å². The standard InChI is InChI=1S/C27H29FO5/c28-24-26(32-18-22-14-8-3-9-15-22)25(31-17-21-12-6-2-7-13-21)23(33-27(24)29)19-30-16-20-10-4-1-5-11-20/h1-15,23-27,29H,16-19H2/t23-,24-,25+,26-,27+/m1/s1. The van der Waals surface area contributed by atoms with E-state index in [1.165, 1.54) is 0 Å². The minimum absolute atomic E-state index is 0.128. The maximum atomic E-state index is 15.1. The Kier molecular flexibility index (Phi) is 8.58. The fourth-order valence-electron chi connectivity index (χ4n) is 3.81. The third-order valence-corrected chi connectivity index (χ3v) is 5.55. The van der Waals surface area contributed by atoms with E-state index >= 15 is 4.39 Å². The molecule has 0 radical (unpaired) electrons. The zero-order valence-electron chi connectivity index (χ0n) is 18.3. The van der Waals surface area contributed by atoms with E-state index in [1.807, 2.05) is 91.0 Å². The molecule has 5 nitrogen and oxygen atoms in total. The number of rotatable bonds is 10. The summed E-state index contributed by atoms with van der Waals surface area (Å²) in [7, 11) is 0. The van der Waals surface area contributed by atoms with Gasteiger partial charge in [-0.3, -0.25) is 0 Å². The fraction of sp³-hybridized carbons (Fsp3) is 0.333. The second-order valence-corrected chi connectivity index (χ2v) is 8.03. The summed E-state index contributed by atoms with van der Waals surface area (Å²) in [6, 6.07) is 28.9. The van der Waals surface area contributed by atoms with Gasteiger partial charge < -0.3 is 24.1 Å². The van der Waals surface area contributed by atoms with Gasteiger partial charge >= 0.3 is 0 Å². The Hall–Kier alpha value is -2.61. The highest BCUT2D eigenvalue weighted by Crippen LogP contribution is 2.29. The van der Waals surface area contributed by atoms with Crippen LogP contribution in [0.25, 0.3) is 0 Å². The lowest BCUT2D eigenvalue weighted by molar-refractivity contribution is -0.293. The topological polar surface area (TPSA) is 57.2 Å². The van der Waals surface area contributed by atoms with Crippen molar-refractivity contribution in [3.63, 3.8) is 0 Å². The molecule has 3 aromatic rings. The lowest BCUT2D eigenvalue weighted by Gasteiger charge is -2.41. The van der Waals surface area contributed by atoms with Gasteiger partial charge in [-0.25, -0.2) is 4.39 Å². The molecule has 0 aliphatic carbocycles. The number of hydrogen-bond donors (Lipinski definition) is 1. The van der Waals surface area contributed by atoms with E-state index in [0.717, 1.165) is 16.7 Å². The van der Waals surface area contributed by atoms with Crippen molar-refractivity contribution in [2.24, 2.45) is 0 Å². The fourth-order valence-corrected chi connectivity index (χ4v) is 3.81. The van der Waals surface area contributed by atoms with Crippen molar-refractivity contribution in [3.8, 4) is 0 Å². The molecule has 0 spiro atoms. The Morgan fingerprint density at radius 3 is 1.64 bits per heavy atom. The maximum Gasteiger partial charge on any atom is 0.189 e. The first-order chi connectivity index (χ1) is 16.2. The Labute approximate surface area is 193 Å². The molecule has 3 aromatic carbocycles. The molecule has 6 heteroatoms. The van der Waals surface area contributed by atoms with E-state index in [1.54, 1.807) is 0 Å². The minimum Gasteiger partial charge on any atom is -0.374 e. The number of benzene rings is 3. The van der Waals surface area contributed by atoms with Crippen molar-refractivity contribution < 1.29 is 28.4 Å². The number of aliphatic hydroxyl groups is 1. The molecule has 0 unspecified atom stereocenters. The molecule has 5 atom stereocenters. The highest BCUT2D eigenvalue weighted by atomic mass is 19.1. The largest absolute Gasteiger partial charge is 0.374 e. The van der Waals surface area contributed by atoms with Crippen LogP contribution in [0.1, 0.15) is 16.7 Å². The van der Waals surface area contributed by atoms with Crippen molar-refractivity contribution in [1.82, 2.24) is 0 Å². The molecule has 1 heterocycles. The van der Waals surface area contributed by atoms with Crippen LogP contribution in [0.3, 0.4) is 0 Å². The molecule has 1 saturated heterocycles. The molecular weight excluding hydrogens is 423 g/mol. The van der Waals surface area contributed by atoms with Crippen molar-refractivity contribution in [2.45, 2.75) is 50.6 Å². The zero-order valence-corrected chi connectivity index (χ0v) is 18.3. The van der Waals surface area contributed by atoms with Crippen molar-refractivity contribution in [1.29, 1.82) is 0 Å². The summed E-state index contributed by atoms with van der Waals surface area (Å²) < 4.78 is 38.5. The van der Waals surface area contributed by atoms with E-state index in [0.29, 0.717) is 6.61 Å². The zero-order chi connectivity index (χ0) is 22.9. The van der Waals surface area contributed by atoms with E-state index in [4.69, 9.17) is 18.9 Å². The van der Waals surface area contributed by atoms with Crippen molar-refractivity contribution >= 4 is 0 Å². The SMILES string of the molecule is O[C@H]1O[C@H](COCc2ccccc2)[C@H](OCc2ccccc2)[C@H](OCc2ccccc2)[C@H]1F. The van der Waals surface area contributed by atoms with Gasteiger partial charge in [-0.2, -0.15) is 0 Å². The number of alkyl halides is 1. The number of halogens is 1. The summed E-state index contributed by atoms with van der Waals surface area (Å²) >= 11 is 0. The molecule has 1 fully saturated rings. The van der Waals surface area contributed by atoms with Gasteiger partial charge in [0, 0.05) is 0 Å². The first-order valence-corrected chi connectivity index (χ1v) is 11.1. The van der Waals surface area contributed by atoms with Crippen LogP contribution in [-0.2, 0) is 38.8 Å². The first-order valence-electron chi connectivity index (χ1n) is 11.1. The molecule has 4 rings (SSSR count). The van der Waals surface area contributed by atoms with E-state index in [9.17, 15) is 5.11 Å². The number of aliphatic hydroxyl groups excluding tert-OH is 1. The normalized spacial score (nSPS) is 25.1. The van der Waals surface area contributed by atoms with Crippen molar-refractivity contribution in [3.05, 3.63) is 108 Å². The van der Waals surface area contributed by atoms with Crippen LogP contribution < -0.4 is 0 Å². The number of hydrogen-bond acceptors (Lipinski definition) is 5. The molecular formula is C27H29FO5. The summed E-state index contributed by atoms with van der Waals surface area (Å²) in [5, 5.41) is 10.2. The molecule has 0 saturated carbocycles. The lowest BCUT2D eigenvalue weighted by atomic mass is 9.99. The van der Waals surface area contributed by atoms with Gasteiger partial charge in [0.1, 0.15) is 18.3 Å². The van der Waals surface area contributed by atoms with Gasteiger partial charge in [-0.1, -0.05) is 91.0 Å². The molecule has 0 amide bonds. The average Bonchev–Trinajstić information content (AvgIpc) is 2.86. The predicted octanol–water partition coefficient (Wildman–Crippen LogP) is 4.43. The van der Waals surface area contributed by atoms with Crippen LogP contribution in [0.4, 0.5) is 4.39 Å². The highest BCUT2D eigenvalue weighted by molar-refractivity contribution is 5.15. The van der Waals surface area contributed by atoms with Crippen LogP contribution >= 0.6 is 0 Å². The summed E-state index contributed by atoms with van der Waals surface area (Å²) in [6.07, 6.45) is -5.83. The molecule has 1 N–H and O–H groups in total. The summed E-state index contributed by atoms with van der Waals surface area (Å²) in [5.41, 5.74) is 2.87. The molecule has 174 valence electrons. The summed E-state index contributed by atoms with van der Waals surface area (Å²) in [5.74, 6) is 0. The second-order valence-electron chi connectivity index (χ2n) is 8.03. The Morgan fingerprint density at radius 1 is 0.667 bits per heavy atom. The van der Waals surface area contributed by atoms with E-state index in [2.05, 4.69) is 0 Å². The Morgan fingerprint density at radius 2 is 1.12 bits per heavy atom. The van der Waals surface area contributed by atoms with Gasteiger partial charge in [0.05, 0.1) is 26.4 Å². The van der Waals surface area contributed by atoms with Gasteiger partial charge in [0.25, 0.3) is 0 Å². The van der Waals surface area contributed by atoms with Gasteiger partial charge in [-0.15, -0.1) is 0 Å². The monoisotopic (exact) mass is 452 g/mol. The van der Waals surface area contributed by atoms with Crippen LogP contribution in [0.5, 0.6) is 0 Å². The Bertz CT molecular complexity index is 941. The summed E-state index contributed by atoms with van der Waals surface area (Å²) in [4.78, 5) is 0. The molecule has 1 aliphatic heterocycles. The van der Waals surface area contributed by atoms with Crippen LogP contribution in [0, 0.1) is 0 Å². The quantitative estimate of drug-likeness (QED) is 0.493. The molecule has 0 bridgehead atoms. The van der Waals surface area contributed by atoms with Crippen molar-refractivity contribution in [2.75, 3.05) is 6.61 Å². The van der Waals surface area contributed by atoms with Crippen LogP contribution in [0.15, 0.2) is 91.0 Å². The van der Waals surface area contributed by atoms with Crippen LogP contribution in [0.2, 0.25) is 0 Å². The highest BCUT2D eigenvalue weighted by Gasteiger charge is 2.47. The maximum absolute atomic E-state index is 15.1. The van der Waals surface area contributed by atoms with E-state index in [-0.39, 0.29) is 19.8 Å². The number of ether oxygens (including phenoxy) is 4. The lowest BCUT2D eigenvalue weighted by Crippen LogP contribution is -2.59. The van der Waals surface area contributed by atoms with Gasteiger partial charge in [0.15, 0.2) is 12.5 Å². The average molecular weight is 453 g/mol. The van der Waals surface area contributed by atoms with Crippen LogP contribution in [-0.4, -0.2) is 42.5 Å². The minimum atomic E-state index is -1.75. The second kappa shape index (κ2) is 12.0.